The number of hydrogen-bond acceptors (Lipinski definition) is 2. The Labute approximate surface area is 85.0 Å². The Bertz CT molecular complexity index is 285. The van der Waals surface area contributed by atoms with Crippen molar-refractivity contribution in [3.63, 3.8) is 0 Å². The van der Waals surface area contributed by atoms with Crippen molar-refractivity contribution in [1.82, 2.24) is 0 Å². The van der Waals surface area contributed by atoms with Gasteiger partial charge in [-0.05, 0) is 13.8 Å². The normalized spacial score (nSPS) is 22.9. The molecule has 14 heavy (non-hydrogen) atoms. The van der Waals surface area contributed by atoms with Crippen LogP contribution in [-0.4, -0.2) is 12.1 Å². The molecule has 0 amide bonds. The molecule has 1 heterocycles. The molecule has 0 aromatic carbocycles. The van der Waals surface area contributed by atoms with Gasteiger partial charge in [0, 0.05) is 18.9 Å². The zero-order valence-electron chi connectivity index (χ0n) is 8.69. The summed E-state index contributed by atoms with van der Waals surface area (Å²) in [5, 5.41) is 0. The van der Waals surface area contributed by atoms with Crippen LogP contribution in [0.5, 0.6) is 0 Å². The standard InChI is InChI=1S/C12H16O2/c1-3-5-10(2)8-9-11-6-4-7-12(13)14-11/h3-5,7-8,11H,6,9H2,1-2H3/b5-3-,10-8+/t11-/m0/s1. The molecule has 0 saturated carbocycles. The van der Waals surface area contributed by atoms with Gasteiger partial charge in [0.1, 0.15) is 6.10 Å². The SMILES string of the molecule is C/C=C\C(C)=C\C[C@@H]1CC=CC(=O)O1. The van der Waals surface area contributed by atoms with Crippen molar-refractivity contribution in [3.8, 4) is 0 Å². The summed E-state index contributed by atoms with van der Waals surface area (Å²) in [6.45, 7) is 4.03. The van der Waals surface area contributed by atoms with E-state index < -0.39 is 0 Å². The average Bonchev–Trinajstić information content (AvgIpc) is 2.15. The highest BCUT2D eigenvalue weighted by molar-refractivity contribution is 5.82. The van der Waals surface area contributed by atoms with E-state index in [-0.39, 0.29) is 12.1 Å². The quantitative estimate of drug-likeness (QED) is 0.507. The van der Waals surface area contributed by atoms with Gasteiger partial charge < -0.3 is 4.74 Å². The first-order valence-corrected chi connectivity index (χ1v) is 4.89. The third-order valence-electron chi connectivity index (χ3n) is 2.07. The number of cyclic esters (lactones) is 1. The van der Waals surface area contributed by atoms with Crippen molar-refractivity contribution in [2.45, 2.75) is 32.8 Å². The molecule has 0 bridgehead atoms. The van der Waals surface area contributed by atoms with Gasteiger partial charge in [-0.3, -0.25) is 0 Å². The van der Waals surface area contributed by atoms with Crippen LogP contribution < -0.4 is 0 Å². The van der Waals surface area contributed by atoms with Crippen molar-refractivity contribution in [1.29, 1.82) is 0 Å². The van der Waals surface area contributed by atoms with E-state index in [0.717, 1.165) is 12.8 Å². The van der Waals surface area contributed by atoms with Crippen molar-refractivity contribution in [2.75, 3.05) is 0 Å². The van der Waals surface area contributed by atoms with Gasteiger partial charge in [-0.15, -0.1) is 0 Å². The molecule has 1 rings (SSSR count). The minimum atomic E-state index is -0.224. The predicted octanol–water partition coefficient (Wildman–Crippen LogP) is 2.77. The van der Waals surface area contributed by atoms with Gasteiger partial charge in [0.05, 0.1) is 0 Å². The monoisotopic (exact) mass is 192 g/mol. The van der Waals surface area contributed by atoms with Gasteiger partial charge in [-0.25, -0.2) is 4.79 Å². The molecular weight excluding hydrogens is 176 g/mol. The van der Waals surface area contributed by atoms with Gasteiger partial charge in [0.15, 0.2) is 0 Å². The smallest absolute Gasteiger partial charge is 0.330 e. The van der Waals surface area contributed by atoms with Gasteiger partial charge >= 0.3 is 5.97 Å². The Morgan fingerprint density at radius 2 is 2.50 bits per heavy atom. The number of carbonyl (C=O) groups excluding carboxylic acids is 1. The van der Waals surface area contributed by atoms with Crippen LogP contribution >= 0.6 is 0 Å². The molecule has 0 fully saturated rings. The van der Waals surface area contributed by atoms with Crippen molar-refractivity contribution >= 4 is 5.97 Å². The largest absolute Gasteiger partial charge is 0.459 e. The van der Waals surface area contributed by atoms with E-state index in [0.29, 0.717) is 0 Å². The molecule has 0 aromatic heterocycles. The molecule has 0 unspecified atom stereocenters. The lowest BCUT2D eigenvalue weighted by atomic mass is 10.1. The number of hydrogen-bond donors (Lipinski definition) is 0. The highest BCUT2D eigenvalue weighted by Gasteiger charge is 2.13. The van der Waals surface area contributed by atoms with E-state index in [1.807, 2.05) is 32.1 Å². The summed E-state index contributed by atoms with van der Waals surface area (Å²) in [5.41, 5.74) is 1.21. The average molecular weight is 192 g/mol. The van der Waals surface area contributed by atoms with Crippen LogP contribution in [0.2, 0.25) is 0 Å². The van der Waals surface area contributed by atoms with Crippen molar-refractivity contribution in [2.24, 2.45) is 0 Å². The molecule has 0 spiro atoms. The molecule has 1 atom stereocenters. The maximum atomic E-state index is 10.9. The molecular formula is C12H16O2. The highest BCUT2D eigenvalue weighted by atomic mass is 16.5. The predicted molar refractivity (Wildman–Crippen MR) is 56.8 cm³/mol. The second-order valence-electron chi connectivity index (χ2n) is 3.38. The van der Waals surface area contributed by atoms with Crippen LogP contribution in [0, 0.1) is 0 Å². The second-order valence-corrected chi connectivity index (χ2v) is 3.38. The molecule has 2 nitrogen and oxygen atoms in total. The third kappa shape index (κ3) is 3.60. The first-order valence-electron chi connectivity index (χ1n) is 4.89. The summed E-state index contributed by atoms with van der Waals surface area (Å²) >= 11 is 0. The Morgan fingerprint density at radius 1 is 1.71 bits per heavy atom. The number of esters is 1. The summed E-state index contributed by atoms with van der Waals surface area (Å²) in [6, 6.07) is 0. The maximum Gasteiger partial charge on any atom is 0.330 e. The molecule has 1 aliphatic rings. The zero-order valence-corrected chi connectivity index (χ0v) is 8.69. The van der Waals surface area contributed by atoms with E-state index >= 15 is 0 Å². The van der Waals surface area contributed by atoms with E-state index in [1.54, 1.807) is 0 Å². The van der Waals surface area contributed by atoms with Gasteiger partial charge in [0.25, 0.3) is 0 Å². The first-order chi connectivity index (χ1) is 6.72. The minimum Gasteiger partial charge on any atom is -0.459 e. The number of rotatable bonds is 3. The highest BCUT2D eigenvalue weighted by Crippen LogP contribution is 2.12. The first kappa shape index (κ1) is 10.8. The summed E-state index contributed by atoms with van der Waals surface area (Å²) in [7, 11) is 0. The fourth-order valence-corrected chi connectivity index (χ4v) is 1.36. The maximum absolute atomic E-state index is 10.9. The lowest BCUT2D eigenvalue weighted by Gasteiger charge is -2.16. The Balaban J connectivity index is 2.42. The van der Waals surface area contributed by atoms with Gasteiger partial charge in [0.2, 0.25) is 0 Å². The molecule has 0 radical (unpaired) electrons. The van der Waals surface area contributed by atoms with Crippen LogP contribution in [0.25, 0.3) is 0 Å². The molecule has 76 valence electrons. The number of ether oxygens (including phenoxy) is 1. The van der Waals surface area contributed by atoms with E-state index in [2.05, 4.69) is 6.08 Å². The summed E-state index contributed by atoms with van der Waals surface area (Å²) in [6.07, 6.45) is 11.1. The topological polar surface area (TPSA) is 26.3 Å². The Morgan fingerprint density at radius 3 is 3.14 bits per heavy atom. The van der Waals surface area contributed by atoms with Gasteiger partial charge in [-0.1, -0.05) is 29.9 Å². The molecule has 0 aromatic rings. The molecule has 1 aliphatic heterocycles. The van der Waals surface area contributed by atoms with Crippen molar-refractivity contribution < 1.29 is 9.53 Å². The van der Waals surface area contributed by atoms with Crippen LogP contribution in [0.3, 0.4) is 0 Å². The van der Waals surface area contributed by atoms with Gasteiger partial charge in [-0.2, -0.15) is 0 Å². The van der Waals surface area contributed by atoms with Crippen molar-refractivity contribution in [3.05, 3.63) is 36.0 Å². The third-order valence-corrected chi connectivity index (χ3v) is 2.07. The van der Waals surface area contributed by atoms with Crippen LogP contribution in [0.1, 0.15) is 26.7 Å². The zero-order chi connectivity index (χ0) is 10.4. The van der Waals surface area contributed by atoms with E-state index in [1.165, 1.54) is 11.6 Å². The summed E-state index contributed by atoms with van der Waals surface area (Å²) in [4.78, 5) is 10.9. The number of carbonyl (C=O) groups is 1. The Kier molecular flexibility index (Phi) is 4.17. The number of allylic oxidation sites excluding steroid dienone is 3. The van der Waals surface area contributed by atoms with Crippen LogP contribution in [0.4, 0.5) is 0 Å². The fraction of sp³-hybridized carbons (Fsp3) is 0.417. The molecule has 0 N–H and O–H groups in total. The van der Waals surface area contributed by atoms with E-state index in [4.69, 9.17) is 4.74 Å². The van der Waals surface area contributed by atoms with Crippen LogP contribution in [-0.2, 0) is 9.53 Å². The van der Waals surface area contributed by atoms with Crippen LogP contribution in [0.15, 0.2) is 36.0 Å². The lowest BCUT2D eigenvalue weighted by molar-refractivity contribution is -0.143. The minimum absolute atomic E-state index is 0.0210. The lowest BCUT2D eigenvalue weighted by Crippen LogP contribution is -2.18. The summed E-state index contributed by atoms with van der Waals surface area (Å²) < 4.78 is 5.12. The second kappa shape index (κ2) is 5.43. The molecule has 0 aliphatic carbocycles. The Hall–Kier alpha value is -1.31. The fourth-order valence-electron chi connectivity index (χ4n) is 1.36. The summed E-state index contributed by atoms with van der Waals surface area (Å²) in [5.74, 6) is -0.224. The molecule has 0 saturated heterocycles. The van der Waals surface area contributed by atoms with E-state index in [9.17, 15) is 4.79 Å². The molecule has 2 heteroatoms.